The topological polar surface area (TPSA) is 96.8 Å². The second-order valence-electron chi connectivity index (χ2n) is 7.79. The molecule has 2 aromatic rings. The molecule has 9 heteroatoms. The highest BCUT2D eigenvalue weighted by molar-refractivity contribution is 5.84. The predicted octanol–water partition coefficient (Wildman–Crippen LogP) is 0.218. The Hall–Kier alpha value is -2.94. The van der Waals surface area contributed by atoms with Crippen molar-refractivity contribution in [3.63, 3.8) is 0 Å². The first kappa shape index (κ1) is 20.3. The molecule has 1 N–H and O–H groups in total. The lowest BCUT2D eigenvalue weighted by Gasteiger charge is -2.38. The van der Waals surface area contributed by atoms with Crippen molar-refractivity contribution in [2.75, 3.05) is 51.3 Å². The molecule has 4 rings (SSSR count). The van der Waals surface area contributed by atoms with Crippen LogP contribution in [-0.2, 0) is 20.9 Å². The number of hydrogen-bond acceptors (Lipinski definition) is 6. The van der Waals surface area contributed by atoms with Gasteiger partial charge in [-0.05, 0) is 24.6 Å². The van der Waals surface area contributed by atoms with E-state index >= 15 is 0 Å². The van der Waals surface area contributed by atoms with Crippen LogP contribution in [0.1, 0.15) is 12.8 Å². The van der Waals surface area contributed by atoms with Crippen molar-refractivity contribution in [1.82, 2.24) is 19.8 Å². The summed E-state index contributed by atoms with van der Waals surface area (Å²) in [5.74, 6) is 0.0464. The van der Waals surface area contributed by atoms with Gasteiger partial charge in [0.1, 0.15) is 0 Å². The lowest BCUT2D eigenvalue weighted by Crippen LogP contribution is -2.52. The third-order valence-electron chi connectivity index (χ3n) is 5.92. The van der Waals surface area contributed by atoms with Gasteiger partial charge < -0.3 is 19.9 Å². The van der Waals surface area contributed by atoms with E-state index < -0.39 is 0 Å². The Morgan fingerprint density at radius 3 is 2.73 bits per heavy atom. The Morgan fingerprint density at radius 2 is 2.03 bits per heavy atom. The molecule has 1 aromatic heterocycles. The van der Waals surface area contributed by atoms with E-state index in [0.29, 0.717) is 56.5 Å². The molecule has 1 atom stereocenters. The minimum Gasteiger partial charge on any atom is -0.383 e. The Morgan fingerprint density at radius 1 is 1.23 bits per heavy atom. The van der Waals surface area contributed by atoms with Crippen molar-refractivity contribution in [3.8, 4) is 0 Å². The first-order valence-electron chi connectivity index (χ1n) is 10.4. The zero-order valence-electron chi connectivity index (χ0n) is 17.2. The maximum absolute atomic E-state index is 12.7. The van der Waals surface area contributed by atoms with Crippen LogP contribution < -0.4 is 15.8 Å². The number of carbonyl (C=O) groups is 2. The summed E-state index contributed by atoms with van der Waals surface area (Å²) in [7, 11) is 1.60. The molecule has 1 unspecified atom stereocenters. The molecule has 0 spiro atoms. The molecule has 0 radical (unpaired) electrons. The molecule has 3 heterocycles. The first-order chi connectivity index (χ1) is 14.6. The fraction of sp³-hybridized carbons (Fsp3) is 0.524. The van der Waals surface area contributed by atoms with Crippen molar-refractivity contribution in [3.05, 3.63) is 34.9 Å². The van der Waals surface area contributed by atoms with Crippen LogP contribution in [0.25, 0.3) is 10.9 Å². The van der Waals surface area contributed by atoms with Gasteiger partial charge in [0.2, 0.25) is 11.8 Å². The number of ether oxygens (including phenoxy) is 1. The third kappa shape index (κ3) is 4.16. The molecule has 1 aromatic carbocycles. The molecule has 0 aliphatic carbocycles. The van der Waals surface area contributed by atoms with Gasteiger partial charge in [0.25, 0.3) is 5.56 Å². The summed E-state index contributed by atoms with van der Waals surface area (Å²) in [6.07, 6.45) is 2.61. The van der Waals surface area contributed by atoms with E-state index in [9.17, 15) is 14.4 Å². The molecule has 9 nitrogen and oxygen atoms in total. The number of methoxy groups -OCH3 is 1. The molecule has 2 saturated heterocycles. The quantitative estimate of drug-likeness (QED) is 0.753. The van der Waals surface area contributed by atoms with Crippen molar-refractivity contribution in [2.24, 2.45) is 5.92 Å². The fourth-order valence-corrected chi connectivity index (χ4v) is 4.08. The van der Waals surface area contributed by atoms with Gasteiger partial charge in [-0.25, -0.2) is 4.98 Å². The second kappa shape index (κ2) is 8.83. The van der Waals surface area contributed by atoms with Crippen LogP contribution in [0.2, 0.25) is 0 Å². The molecule has 0 saturated carbocycles. The number of aromatic nitrogens is 2. The molecular weight excluding hydrogens is 386 g/mol. The average Bonchev–Trinajstić information content (AvgIpc) is 2.78. The highest BCUT2D eigenvalue weighted by atomic mass is 16.5. The van der Waals surface area contributed by atoms with Gasteiger partial charge >= 0.3 is 0 Å². The zero-order valence-corrected chi connectivity index (χ0v) is 17.2. The lowest BCUT2D eigenvalue weighted by atomic mass is 9.97. The monoisotopic (exact) mass is 413 g/mol. The number of nitrogens with zero attached hydrogens (tertiary/aromatic N) is 4. The SMILES string of the molecule is COCCn1cnc2cc(N3CCN(C(=O)C4CCC(=O)NC4)CC3)ccc2c1=O. The largest absolute Gasteiger partial charge is 0.383 e. The standard InChI is InChI=1S/C21H27N5O4/c1-30-11-10-26-14-23-18-12-16(3-4-17(18)21(26)29)24-6-8-25(9-7-24)20(28)15-2-5-19(27)22-13-15/h3-4,12,14-15H,2,5-11,13H2,1H3,(H,22,27). The smallest absolute Gasteiger partial charge is 0.261 e. The van der Waals surface area contributed by atoms with Crippen LogP contribution >= 0.6 is 0 Å². The van der Waals surface area contributed by atoms with E-state index in [-0.39, 0.29) is 23.3 Å². The number of hydrogen-bond donors (Lipinski definition) is 1. The van der Waals surface area contributed by atoms with Crippen LogP contribution in [0.5, 0.6) is 0 Å². The average molecular weight is 413 g/mol. The summed E-state index contributed by atoms with van der Waals surface area (Å²) in [6, 6.07) is 5.71. The Bertz CT molecular complexity index is 987. The molecule has 0 bridgehead atoms. The summed E-state index contributed by atoms with van der Waals surface area (Å²) in [4.78, 5) is 45.2. The van der Waals surface area contributed by atoms with Crippen LogP contribution in [0, 0.1) is 5.92 Å². The summed E-state index contributed by atoms with van der Waals surface area (Å²) < 4.78 is 6.60. The number of amides is 2. The van der Waals surface area contributed by atoms with Crippen molar-refractivity contribution in [1.29, 1.82) is 0 Å². The van der Waals surface area contributed by atoms with Crippen molar-refractivity contribution < 1.29 is 14.3 Å². The number of benzene rings is 1. The van der Waals surface area contributed by atoms with Gasteiger partial charge in [-0.2, -0.15) is 0 Å². The Labute approximate surface area is 174 Å². The van der Waals surface area contributed by atoms with Crippen molar-refractivity contribution in [2.45, 2.75) is 19.4 Å². The number of fused-ring (bicyclic) bond motifs is 1. The van der Waals surface area contributed by atoms with Gasteiger partial charge in [-0.3, -0.25) is 19.0 Å². The highest BCUT2D eigenvalue weighted by Gasteiger charge is 2.30. The van der Waals surface area contributed by atoms with Crippen molar-refractivity contribution >= 4 is 28.4 Å². The van der Waals surface area contributed by atoms with E-state index in [4.69, 9.17) is 4.74 Å². The first-order valence-corrected chi connectivity index (χ1v) is 10.4. The number of anilines is 1. The van der Waals surface area contributed by atoms with Gasteiger partial charge in [-0.15, -0.1) is 0 Å². The molecule has 2 amide bonds. The van der Waals surface area contributed by atoms with E-state index in [2.05, 4.69) is 15.2 Å². The van der Waals surface area contributed by atoms with E-state index in [0.717, 1.165) is 18.8 Å². The van der Waals surface area contributed by atoms with E-state index in [1.165, 1.54) is 0 Å². The van der Waals surface area contributed by atoms with Gasteiger partial charge in [-0.1, -0.05) is 0 Å². The molecule has 2 aliphatic heterocycles. The minimum atomic E-state index is -0.112. The Kier molecular flexibility index (Phi) is 5.98. The maximum atomic E-state index is 12.7. The summed E-state index contributed by atoms with van der Waals surface area (Å²) in [5, 5.41) is 3.37. The fourth-order valence-electron chi connectivity index (χ4n) is 4.08. The number of piperidine rings is 1. The number of nitrogens with one attached hydrogen (secondary N) is 1. The molecule has 160 valence electrons. The molecular formula is C21H27N5O4. The minimum absolute atomic E-state index is 0.0271. The summed E-state index contributed by atoms with van der Waals surface area (Å²) in [5.41, 5.74) is 1.60. The van der Waals surface area contributed by atoms with Crippen LogP contribution in [0.3, 0.4) is 0 Å². The third-order valence-corrected chi connectivity index (χ3v) is 5.92. The predicted molar refractivity (Wildman–Crippen MR) is 112 cm³/mol. The van der Waals surface area contributed by atoms with Gasteiger partial charge in [0.05, 0.1) is 36.3 Å². The number of rotatable bonds is 5. The van der Waals surface area contributed by atoms with E-state index in [1.807, 2.05) is 23.1 Å². The number of carbonyl (C=O) groups excluding carboxylic acids is 2. The second-order valence-corrected chi connectivity index (χ2v) is 7.79. The van der Waals surface area contributed by atoms with E-state index in [1.54, 1.807) is 18.0 Å². The molecule has 2 fully saturated rings. The van der Waals surface area contributed by atoms with Crippen LogP contribution in [0.4, 0.5) is 5.69 Å². The summed E-state index contributed by atoms with van der Waals surface area (Å²) in [6.45, 7) is 4.11. The van der Waals surface area contributed by atoms with Crippen LogP contribution in [-0.4, -0.2) is 72.7 Å². The van der Waals surface area contributed by atoms with Gasteiger partial charge in [0.15, 0.2) is 0 Å². The normalized spacial score (nSPS) is 19.8. The Balaban J connectivity index is 1.41. The number of piperazine rings is 1. The molecule has 30 heavy (non-hydrogen) atoms. The maximum Gasteiger partial charge on any atom is 0.261 e. The molecule has 2 aliphatic rings. The summed E-state index contributed by atoms with van der Waals surface area (Å²) >= 11 is 0. The van der Waals surface area contributed by atoms with Gasteiger partial charge in [0, 0.05) is 51.9 Å². The highest BCUT2D eigenvalue weighted by Crippen LogP contribution is 2.22. The van der Waals surface area contributed by atoms with Crippen LogP contribution in [0.15, 0.2) is 29.3 Å². The zero-order chi connectivity index (χ0) is 21.1. The lowest BCUT2D eigenvalue weighted by molar-refractivity contribution is -0.137.